The quantitative estimate of drug-likeness (QED) is 0.622. The Kier molecular flexibility index (Phi) is 4.27. The summed E-state index contributed by atoms with van der Waals surface area (Å²) in [5.41, 5.74) is 4.46. The average molecular weight is 319 g/mol. The van der Waals surface area contributed by atoms with Crippen molar-refractivity contribution in [3.05, 3.63) is 0 Å². The van der Waals surface area contributed by atoms with Gasteiger partial charge in [-0.15, -0.1) is 0 Å². The van der Waals surface area contributed by atoms with Gasteiger partial charge in [0.25, 0.3) is 0 Å². The molecular weight excluding hydrogens is 298 g/mol. The second kappa shape index (κ2) is 5.54. The zero-order valence-electron chi connectivity index (χ0n) is 12.0. The molecule has 2 rings (SSSR count). The Morgan fingerprint density at radius 3 is 2.62 bits per heavy atom. The first kappa shape index (κ1) is 16.2. The van der Waals surface area contributed by atoms with E-state index in [9.17, 15) is 18.0 Å². The van der Waals surface area contributed by atoms with Gasteiger partial charge in [-0.2, -0.15) is 0 Å². The normalized spacial score (nSPS) is 32.2. The lowest BCUT2D eigenvalue weighted by Crippen LogP contribution is -2.51. The summed E-state index contributed by atoms with van der Waals surface area (Å²) in [6.45, 7) is 0.648. The number of hydrogen-bond acceptors (Lipinski definition) is 6. The number of likely N-dealkylation sites (tertiary alicyclic amines) is 1. The van der Waals surface area contributed by atoms with E-state index in [1.807, 2.05) is 0 Å². The standard InChI is InChI=1S/C12H21N3O5S/c1-14(9-2-5-21(19,20)7-9)10(16)6-15-4-3-12(13,8-15)11(17)18/h9H,2-8,13H2,1H3,(H,17,18). The van der Waals surface area contributed by atoms with E-state index < -0.39 is 21.3 Å². The summed E-state index contributed by atoms with van der Waals surface area (Å²) in [6.07, 6.45) is 0.762. The van der Waals surface area contributed by atoms with Crippen LogP contribution in [0.3, 0.4) is 0 Å². The lowest BCUT2D eigenvalue weighted by atomic mass is 10.0. The highest BCUT2D eigenvalue weighted by molar-refractivity contribution is 7.91. The number of carbonyl (C=O) groups excluding carboxylic acids is 1. The molecule has 0 aromatic carbocycles. The van der Waals surface area contributed by atoms with Gasteiger partial charge >= 0.3 is 5.97 Å². The predicted molar refractivity (Wildman–Crippen MR) is 75.4 cm³/mol. The maximum absolute atomic E-state index is 12.2. The number of sulfone groups is 1. The molecule has 2 atom stereocenters. The third kappa shape index (κ3) is 3.53. The van der Waals surface area contributed by atoms with Crippen molar-refractivity contribution in [1.82, 2.24) is 9.80 Å². The van der Waals surface area contributed by atoms with Crippen molar-refractivity contribution in [2.24, 2.45) is 5.73 Å². The van der Waals surface area contributed by atoms with E-state index in [-0.39, 0.29) is 36.5 Å². The van der Waals surface area contributed by atoms with Crippen molar-refractivity contribution in [3.63, 3.8) is 0 Å². The van der Waals surface area contributed by atoms with E-state index in [1.54, 1.807) is 11.9 Å². The zero-order valence-corrected chi connectivity index (χ0v) is 12.8. The molecule has 0 bridgehead atoms. The second-order valence-corrected chi connectivity index (χ2v) is 8.21. The summed E-state index contributed by atoms with van der Waals surface area (Å²) in [5.74, 6) is -1.14. The molecule has 2 saturated heterocycles. The zero-order chi connectivity index (χ0) is 15.8. The fourth-order valence-electron chi connectivity index (χ4n) is 2.81. The molecule has 2 unspecified atom stereocenters. The molecule has 0 spiro atoms. The molecule has 2 aliphatic rings. The Bertz CT molecular complexity index is 549. The van der Waals surface area contributed by atoms with Crippen molar-refractivity contribution in [2.45, 2.75) is 24.4 Å². The summed E-state index contributed by atoms with van der Waals surface area (Å²) in [4.78, 5) is 26.4. The molecule has 8 nitrogen and oxygen atoms in total. The fraction of sp³-hybridized carbons (Fsp3) is 0.833. The van der Waals surface area contributed by atoms with Gasteiger partial charge in [-0.25, -0.2) is 8.42 Å². The van der Waals surface area contributed by atoms with Crippen LogP contribution in [0.1, 0.15) is 12.8 Å². The van der Waals surface area contributed by atoms with Crippen LogP contribution in [0.2, 0.25) is 0 Å². The number of rotatable bonds is 4. The predicted octanol–water partition coefficient (Wildman–Crippen LogP) is -1.88. The first-order valence-electron chi connectivity index (χ1n) is 6.84. The number of amides is 1. The Balaban J connectivity index is 1.89. The molecule has 2 aliphatic heterocycles. The number of aliphatic carboxylic acids is 1. The molecule has 0 aromatic rings. The highest BCUT2D eigenvalue weighted by atomic mass is 32.2. The van der Waals surface area contributed by atoms with Gasteiger partial charge < -0.3 is 15.7 Å². The summed E-state index contributed by atoms with van der Waals surface area (Å²) >= 11 is 0. The molecule has 0 aromatic heterocycles. The maximum atomic E-state index is 12.2. The van der Waals surface area contributed by atoms with Crippen LogP contribution < -0.4 is 5.73 Å². The molecule has 3 N–H and O–H groups in total. The minimum absolute atomic E-state index is 0.00515. The summed E-state index contributed by atoms with van der Waals surface area (Å²) in [6, 6.07) is -0.285. The van der Waals surface area contributed by atoms with Crippen LogP contribution in [-0.2, 0) is 19.4 Å². The van der Waals surface area contributed by atoms with Crippen LogP contribution in [0.25, 0.3) is 0 Å². The maximum Gasteiger partial charge on any atom is 0.325 e. The van der Waals surface area contributed by atoms with Crippen LogP contribution >= 0.6 is 0 Å². The van der Waals surface area contributed by atoms with Crippen LogP contribution in [0.15, 0.2) is 0 Å². The molecule has 0 saturated carbocycles. The molecule has 21 heavy (non-hydrogen) atoms. The van der Waals surface area contributed by atoms with Gasteiger partial charge in [-0.05, 0) is 12.8 Å². The third-order valence-electron chi connectivity index (χ3n) is 4.31. The third-order valence-corrected chi connectivity index (χ3v) is 6.06. The molecule has 120 valence electrons. The van der Waals surface area contributed by atoms with Crippen molar-refractivity contribution in [1.29, 1.82) is 0 Å². The van der Waals surface area contributed by atoms with Crippen molar-refractivity contribution >= 4 is 21.7 Å². The van der Waals surface area contributed by atoms with Gasteiger partial charge in [0, 0.05) is 26.2 Å². The summed E-state index contributed by atoms with van der Waals surface area (Å²) in [7, 11) is -1.44. The first-order valence-corrected chi connectivity index (χ1v) is 8.66. The minimum atomic E-state index is -3.04. The van der Waals surface area contributed by atoms with Crippen LogP contribution in [0.4, 0.5) is 0 Å². The van der Waals surface area contributed by atoms with Crippen LogP contribution in [-0.4, -0.2) is 85.0 Å². The smallest absolute Gasteiger partial charge is 0.325 e. The van der Waals surface area contributed by atoms with Crippen molar-refractivity contribution < 1.29 is 23.1 Å². The van der Waals surface area contributed by atoms with E-state index in [2.05, 4.69) is 0 Å². The number of carboxylic acids is 1. The number of carbonyl (C=O) groups is 2. The summed E-state index contributed by atoms with van der Waals surface area (Å²) in [5, 5.41) is 9.05. The molecule has 1 amide bonds. The van der Waals surface area contributed by atoms with E-state index in [0.29, 0.717) is 19.4 Å². The van der Waals surface area contributed by atoms with E-state index in [4.69, 9.17) is 10.8 Å². The molecule has 2 fully saturated rings. The van der Waals surface area contributed by atoms with E-state index in [0.717, 1.165) is 0 Å². The minimum Gasteiger partial charge on any atom is -0.480 e. The van der Waals surface area contributed by atoms with Gasteiger partial charge in [-0.3, -0.25) is 14.5 Å². The van der Waals surface area contributed by atoms with Gasteiger partial charge in [0.1, 0.15) is 5.54 Å². The highest BCUT2D eigenvalue weighted by Gasteiger charge is 2.42. The van der Waals surface area contributed by atoms with E-state index in [1.165, 1.54) is 4.90 Å². The van der Waals surface area contributed by atoms with Gasteiger partial charge in [0.15, 0.2) is 9.84 Å². The molecular formula is C12H21N3O5S. The number of nitrogens with two attached hydrogens (primary N) is 1. The number of nitrogens with zero attached hydrogens (tertiary/aromatic N) is 2. The van der Waals surface area contributed by atoms with Crippen molar-refractivity contribution in [2.75, 3.05) is 38.2 Å². The number of hydrogen-bond donors (Lipinski definition) is 2. The average Bonchev–Trinajstić information content (AvgIpc) is 2.93. The SMILES string of the molecule is CN(C(=O)CN1CCC(N)(C(=O)O)C1)C1CCS(=O)(=O)C1. The second-order valence-electron chi connectivity index (χ2n) is 5.98. The largest absolute Gasteiger partial charge is 0.480 e. The number of likely N-dealkylation sites (N-methyl/N-ethyl adjacent to an activating group) is 1. The van der Waals surface area contributed by atoms with Gasteiger partial charge in [0.2, 0.25) is 5.91 Å². The molecule has 0 radical (unpaired) electrons. The highest BCUT2D eigenvalue weighted by Crippen LogP contribution is 2.20. The monoisotopic (exact) mass is 319 g/mol. The Morgan fingerprint density at radius 1 is 1.48 bits per heavy atom. The molecule has 0 aliphatic carbocycles. The van der Waals surface area contributed by atoms with Gasteiger partial charge in [-0.1, -0.05) is 0 Å². The first-order chi connectivity index (χ1) is 9.63. The molecule has 9 heteroatoms. The Hall–Kier alpha value is -1.19. The van der Waals surface area contributed by atoms with Crippen LogP contribution in [0, 0.1) is 0 Å². The lowest BCUT2D eigenvalue weighted by Gasteiger charge is -2.26. The summed E-state index contributed by atoms with van der Waals surface area (Å²) < 4.78 is 22.9. The van der Waals surface area contributed by atoms with E-state index >= 15 is 0 Å². The van der Waals surface area contributed by atoms with Crippen LogP contribution in [0.5, 0.6) is 0 Å². The lowest BCUT2D eigenvalue weighted by molar-refractivity contribution is -0.143. The number of carboxylic acid groups (broad SMARTS) is 1. The fourth-order valence-corrected chi connectivity index (χ4v) is 4.59. The molecule has 2 heterocycles. The topological polar surface area (TPSA) is 121 Å². The van der Waals surface area contributed by atoms with Crippen molar-refractivity contribution in [3.8, 4) is 0 Å². The van der Waals surface area contributed by atoms with Gasteiger partial charge in [0.05, 0.1) is 18.1 Å². The Morgan fingerprint density at radius 2 is 2.14 bits per heavy atom. The Labute approximate surface area is 123 Å².